The zero-order chi connectivity index (χ0) is 19.2. The van der Waals surface area contributed by atoms with Gasteiger partial charge in [-0.1, -0.05) is 38.7 Å². The van der Waals surface area contributed by atoms with Crippen LogP contribution in [0, 0.1) is 5.92 Å². The van der Waals surface area contributed by atoms with E-state index in [0.29, 0.717) is 18.4 Å². The van der Waals surface area contributed by atoms with Crippen LogP contribution in [-0.2, 0) is 14.3 Å². The largest absolute Gasteiger partial charge is 0.489 e. The first-order valence-corrected chi connectivity index (χ1v) is 9.88. The van der Waals surface area contributed by atoms with Gasteiger partial charge in [-0.05, 0) is 44.4 Å². The maximum atomic E-state index is 12.7. The Balaban J connectivity index is 2.02. The van der Waals surface area contributed by atoms with Crippen molar-refractivity contribution in [1.29, 1.82) is 0 Å². The summed E-state index contributed by atoms with van der Waals surface area (Å²) in [6.45, 7) is 5.82. The number of carbonyl (C=O) groups excluding carboxylic acids is 2. The molecule has 0 aromatic carbocycles. The van der Waals surface area contributed by atoms with E-state index in [1.54, 1.807) is 6.92 Å². The standard InChI is InChI=1S/C22H32O4/c1-4-6-7-8-9-11-18(23)14-17-12-16-13-19(10-5-2)26-15-20(16)21(24)22(17,3)25/h5,10,13,17,25H,4,6-9,11-12,14-15H2,1-3H3/t17-,22-/m1/s1. The van der Waals surface area contributed by atoms with E-state index in [0.717, 1.165) is 30.6 Å². The number of hydrogen-bond donors (Lipinski definition) is 1. The van der Waals surface area contributed by atoms with Gasteiger partial charge in [0.15, 0.2) is 5.78 Å². The van der Waals surface area contributed by atoms with Crippen molar-refractivity contribution in [2.75, 3.05) is 6.61 Å². The van der Waals surface area contributed by atoms with Crippen LogP contribution in [0.25, 0.3) is 0 Å². The van der Waals surface area contributed by atoms with E-state index in [4.69, 9.17) is 4.74 Å². The van der Waals surface area contributed by atoms with Crippen molar-refractivity contribution in [3.63, 3.8) is 0 Å². The predicted octanol–water partition coefficient (Wildman–Crippen LogP) is 4.43. The Labute approximate surface area is 157 Å². The highest BCUT2D eigenvalue weighted by Crippen LogP contribution is 2.40. The van der Waals surface area contributed by atoms with Crippen molar-refractivity contribution in [3.8, 4) is 0 Å². The van der Waals surface area contributed by atoms with Gasteiger partial charge in [-0.2, -0.15) is 0 Å². The highest BCUT2D eigenvalue weighted by Gasteiger charge is 2.46. The molecule has 0 fully saturated rings. The molecule has 0 bridgehead atoms. The maximum Gasteiger partial charge on any atom is 0.194 e. The van der Waals surface area contributed by atoms with Crippen molar-refractivity contribution in [2.45, 2.75) is 77.7 Å². The Kier molecular flexibility index (Phi) is 7.39. The molecule has 0 unspecified atom stereocenters. The molecule has 2 atom stereocenters. The Morgan fingerprint density at radius 3 is 2.77 bits per heavy atom. The lowest BCUT2D eigenvalue weighted by atomic mass is 9.70. The van der Waals surface area contributed by atoms with E-state index < -0.39 is 5.60 Å². The number of unbranched alkanes of at least 4 members (excludes halogenated alkanes) is 4. The summed E-state index contributed by atoms with van der Waals surface area (Å²) < 4.78 is 5.57. The molecule has 1 N–H and O–H groups in total. The summed E-state index contributed by atoms with van der Waals surface area (Å²) in [5, 5.41) is 10.8. The van der Waals surface area contributed by atoms with Gasteiger partial charge in [0, 0.05) is 24.3 Å². The zero-order valence-corrected chi connectivity index (χ0v) is 16.3. The molecule has 0 saturated carbocycles. The number of ketones is 2. The lowest BCUT2D eigenvalue weighted by Crippen LogP contribution is -2.49. The lowest BCUT2D eigenvalue weighted by molar-refractivity contribution is -0.141. The van der Waals surface area contributed by atoms with Crippen LogP contribution in [0.3, 0.4) is 0 Å². The van der Waals surface area contributed by atoms with Crippen LogP contribution in [-0.4, -0.2) is 28.9 Å². The molecule has 0 aromatic heterocycles. The average Bonchev–Trinajstić information content (AvgIpc) is 2.60. The minimum absolute atomic E-state index is 0.147. The average molecular weight is 360 g/mol. The normalized spacial score (nSPS) is 25.9. The van der Waals surface area contributed by atoms with Crippen molar-refractivity contribution in [1.82, 2.24) is 0 Å². The van der Waals surface area contributed by atoms with Crippen LogP contribution < -0.4 is 0 Å². The van der Waals surface area contributed by atoms with Gasteiger partial charge >= 0.3 is 0 Å². The van der Waals surface area contributed by atoms with Gasteiger partial charge in [-0.15, -0.1) is 0 Å². The van der Waals surface area contributed by atoms with Gasteiger partial charge in [-0.25, -0.2) is 0 Å². The first-order chi connectivity index (χ1) is 12.4. The summed E-state index contributed by atoms with van der Waals surface area (Å²) in [5.41, 5.74) is -0.0421. The second-order valence-electron chi connectivity index (χ2n) is 7.62. The number of allylic oxidation sites excluding steroid dienone is 4. The fourth-order valence-electron chi connectivity index (χ4n) is 3.73. The van der Waals surface area contributed by atoms with Crippen molar-refractivity contribution < 1.29 is 19.4 Å². The van der Waals surface area contributed by atoms with Gasteiger partial charge in [0.25, 0.3) is 0 Å². The van der Waals surface area contributed by atoms with Crippen molar-refractivity contribution in [3.05, 3.63) is 35.1 Å². The van der Waals surface area contributed by atoms with Crippen LogP contribution >= 0.6 is 0 Å². The Hall–Kier alpha value is -1.68. The second kappa shape index (κ2) is 9.31. The maximum absolute atomic E-state index is 12.7. The van der Waals surface area contributed by atoms with Gasteiger partial charge in [-0.3, -0.25) is 9.59 Å². The molecule has 26 heavy (non-hydrogen) atoms. The smallest absolute Gasteiger partial charge is 0.194 e. The zero-order valence-electron chi connectivity index (χ0n) is 16.3. The van der Waals surface area contributed by atoms with E-state index in [1.165, 1.54) is 12.8 Å². The third-order valence-electron chi connectivity index (χ3n) is 5.45. The quantitative estimate of drug-likeness (QED) is 0.618. The molecular weight excluding hydrogens is 328 g/mol. The molecule has 0 aromatic rings. The molecule has 4 heteroatoms. The van der Waals surface area contributed by atoms with Crippen molar-refractivity contribution >= 4 is 11.6 Å². The number of rotatable bonds is 9. The van der Waals surface area contributed by atoms with Crippen LogP contribution in [0.15, 0.2) is 35.1 Å². The molecule has 0 radical (unpaired) electrons. The number of Topliss-reactive ketones (excluding diaryl/α,β-unsaturated/α-hetero) is 2. The first-order valence-electron chi connectivity index (χ1n) is 9.88. The molecule has 144 valence electrons. The minimum atomic E-state index is -1.49. The summed E-state index contributed by atoms with van der Waals surface area (Å²) in [5.74, 6) is 0.211. The topological polar surface area (TPSA) is 63.6 Å². The summed E-state index contributed by atoms with van der Waals surface area (Å²) in [6.07, 6.45) is 12.5. The van der Waals surface area contributed by atoms with Gasteiger partial charge in [0.2, 0.25) is 0 Å². The Morgan fingerprint density at radius 1 is 1.35 bits per heavy atom. The van der Waals surface area contributed by atoms with E-state index in [-0.39, 0.29) is 30.5 Å². The Bertz CT molecular complexity index is 622. The Morgan fingerprint density at radius 2 is 2.08 bits per heavy atom. The highest BCUT2D eigenvalue weighted by molar-refractivity contribution is 6.04. The molecule has 2 aliphatic rings. The molecule has 0 spiro atoms. The van der Waals surface area contributed by atoms with Crippen molar-refractivity contribution in [2.24, 2.45) is 5.92 Å². The lowest BCUT2D eigenvalue weighted by Gasteiger charge is -2.38. The molecule has 1 aliphatic heterocycles. The molecule has 0 amide bonds. The van der Waals surface area contributed by atoms with E-state index in [2.05, 4.69) is 6.92 Å². The predicted molar refractivity (Wildman–Crippen MR) is 103 cm³/mol. The van der Waals surface area contributed by atoms with Crippen LogP contribution in [0.4, 0.5) is 0 Å². The number of ether oxygens (including phenoxy) is 1. The molecular formula is C22H32O4. The summed E-state index contributed by atoms with van der Waals surface area (Å²) >= 11 is 0. The first kappa shape index (κ1) is 20.6. The van der Waals surface area contributed by atoms with Gasteiger partial charge < -0.3 is 9.84 Å². The summed E-state index contributed by atoms with van der Waals surface area (Å²) in [4.78, 5) is 25.1. The van der Waals surface area contributed by atoms with E-state index >= 15 is 0 Å². The van der Waals surface area contributed by atoms with E-state index in [9.17, 15) is 14.7 Å². The fourth-order valence-corrected chi connectivity index (χ4v) is 3.73. The SMILES string of the molecule is CC=CC1=CC2=C(CO1)C(=O)[C@](C)(O)[C@@H](CC(=O)CCCCCCC)C2. The van der Waals surface area contributed by atoms with Gasteiger partial charge in [0.1, 0.15) is 23.8 Å². The minimum Gasteiger partial charge on any atom is -0.489 e. The monoisotopic (exact) mass is 360 g/mol. The number of hydrogen-bond acceptors (Lipinski definition) is 4. The van der Waals surface area contributed by atoms with Crippen LogP contribution in [0.5, 0.6) is 0 Å². The van der Waals surface area contributed by atoms with Crippen LogP contribution in [0.2, 0.25) is 0 Å². The molecule has 1 aliphatic carbocycles. The third-order valence-corrected chi connectivity index (χ3v) is 5.45. The molecule has 2 rings (SSSR count). The highest BCUT2D eigenvalue weighted by atomic mass is 16.5. The number of aliphatic hydroxyl groups is 1. The van der Waals surface area contributed by atoms with Crippen LogP contribution in [0.1, 0.15) is 72.1 Å². The molecule has 4 nitrogen and oxygen atoms in total. The molecule has 1 heterocycles. The number of carbonyl (C=O) groups is 2. The fraction of sp³-hybridized carbons (Fsp3) is 0.636. The molecule has 0 saturated heterocycles. The van der Waals surface area contributed by atoms with E-state index in [1.807, 2.05) is 25.2 Å². The summed E-state index contributed by atoms with van der Waals surface area (Å²) in [7, 11) is 0. The summed E-state index contributed by atoms with van der Waals surface area (Å²) in [6, 6.07) is 0. The van der Waals surface area contributed by atoms with Gasteiger partial charge in [0.05, 0.1) is 0 Å². The second-order valence-corrected chi connectivity index (χ2v) is 7.62. The third kappa shape index (κ3) is 4.94.